The first-order valence-corrected chi connectivity index (χ1v) is 4.76. The summed E-state index contributed by atoms with van der Waals surface area (Å²) in [5.41, 5.74) is 5.34. The van der Waals surface area contributed by atoms with Crippen LogP contribution in [0.1, 0.15) is 32.6 Å². The first-order chi connectivity index (χ1) is 5.57. The highest BCUT2D eigenvalue weighted by Crippen LogP contribution is 2.12. The number of unbranched alkanes of at least 4 members (excludes halogenated alkanes) is 1. The molecule has 0 saturated carbocycles. The molecule has 3 N–H and O–H groups in total. The van der Waals surface area contributed by atoms with Crippen LogP contribution < -0.4 is 5.73 Å². The van der Waals surface area contributed by atoms with Crippen LogP contribution in [-0.4, -0.2) is 22.4 Å². The summed E-state index contributed by atoms with van der Waals surface area (Å²) in [6.45, 7) is 2.09. The molecule has 0 aliphatic carbocycles. The van der Waals surface area contributed by atoms with Crippen molar-refractivity contribution in [2.45, 2.75) is 43.9 Å². The number of carbonyl (C=O) groups is 1. The lowest BCUT2D eigenvalue weighted by Crippen LogP contribution is -2.32. The van der Waals surface area contributed by atoms with Crippen molar-refractivity contribution in [1.29, 1.82) is 0 Å². The molecule has 0 rings (SSSR count). The van der Waals surface area contributed by atoms with Crippen molar-refractivity contribution in [2.24, 2.45) is 5.73 Å². The highest BCUT2D eigenvalue weighted by Gasteiger charge is 2.15. The predicted octanol–water partition coefficient (Wildman–Crippen LogP) is 1.28. The monoisotopic (exact) mass is 191 g/mol. The molecule has 0 fully saturated rings. The maximum Gasteiger partial charge on any atom is 0.320 e. The third-order valence-corrected chi connectivity index (χ3v) is 2.20. The second-order valence-corrected chi connectivity index (χ2v) is 3.71. The number of hydrogen-bond acceptors (Lipinski definition) is 3. The van der Waals surface area contributed by atoms with Crippen LogP contribution in [0.4, 0.5) is 0 Å². The van der Waals surface area contributed by atoms with Gasteiger partial charge in [0.15, 0.2) is 0 Å². The Bertz CT molecular complexity index is 141. The standard InChI is InChI=1S/C8H17NO2S/c1-2-3-4-6(12)5-7(9)8(10)11/h6-7,12H,2-5,9H2,1H3,(H,10,11). The molecular weight excluding hydrogens is 174 g/mol. The van der Waals surface area contributed by atoms with Gasteiger partial charge in [0.2, 0.25) is 0 Å². The molecule has 0 amide bonds. The van der Waals surface area contributed by atoms with Gasteiger partial charge < -0.3 is 10.8 Å². The van der Waals surface area contributed by atoms with Gasteiger partial charge in [-0.05, 0) is 12.8 Å². The van der Waals surface area contributed by atoms with Crippen LogP contribution in [0.2, 0.25) is 0 Å². The third-order valence-electron chi connectivity index (χ3n) is 1.73. The normalized spacial score (nSPS) is 15.6. The smallest absolute Gasteiger partial charge is 0.320 e. The number of thiol groups is 1. The summed E-state index contributed by atoms with van der Waals surface area (Å²) in [5.74, 6) is -0.939. The summed E-state index contributed by atoms with van der Waals surface area (Å²) in [6, 6.07) is -0.760. The fourth-order valence-electron chi connectivity index (χ4n) is 0.952. The van der Waals surface area contributed by atoms with Crippen molar-refractivity contribution < 1.29 is 9.90 Å². The Kier molecular flexibility index (Phi) is 6.20. The van der Waals surface area contributed by atoms with E-state index < -0.39 is 12.0 Å². The van der Waals surface area contributed by atoms with E-state index in [4.69, 9.17) is 10.8 Å². The van der Waals surface area contributed by atoms with E-state index in [1.807, 2.05) is 0 Å². The lowest BCUT2D eigenvalue weighted by molar-refractivity contribution is -0.138. The minimum atomic E-state index is -0.939. The number of aliphatic carboxylic acids is 1. The number of nitrogens with two attached hydrogens (primary N) is 1. The van der Waals surface area contributed by atoms with Gasteiger partial charge in [-0.25, -0.2) is 0 Å². The average Bonchev–Trinajstić information content (AvgIpc) is 2.00. The summed E-state index contributed by atoms with van der Waals surface area (Å²) in [5, 5.41) is 8.62. The summed E-state index contributed by atoms with van der Waals surface area (Å²) in [7, 11) is 0. The number of rotatable bonds is 6. The van der Waals surface area contributed by atoms with Crippen molar-refractivity contribution in [3.63, 3.8) is 0 Å². The molecule has 12 heavy (non-hydrogen) atoms. The molecule has 0 heterocycles. The molecule has 4 heteroatoms. The Labute approximate surface area is 78.7 Å². The van der Waals surface area contributed by atoms with Crippen molar-refractivity contribution in [3.8, 4) is 0 Å². The molecule has 0 spiro atoms. The van der Waals surface area contributed by atoms with E-state index in [1.54, 1.807) is 0 Å². The van der Waals surface area contributed by atoms with Crippen LogP contribution in [0.5, 0.6) is 0 Å². The fourth-order valence-corrected chi connectivity index (χ4v) is 1.36. The van der Waals surface area contributed by atoms with Gasteiger partial charge in [0, 0.05) is 5.25 Å². The van der Waals surface area contributed by atoms with Crippen LogP contribution in [0.3, 0.4) is 0 Å². The van der Waals surface area contributed by atoms with E-state index in [0.717, 1.165) is 19.3 Å². The zero-order valence-electron chi connectivity index (χ0n) is 7.36. The molecule has 0 aromatic heterocycles. The van der Waals surface area contributed by atoms with E-state index in [0.29, 0.717) is 6.42 Å². The zero-order valence-corrected chi connectivity index (χ0v) is 8.26. The first kappa shape index (κ1) is 11.8. The van der Waals surface area contributed by atoms with Crippen molar-refractivity contribution in [2.75, 3.05) is 0 Å². The van der Waals surface area contributed by atoms with E-state index in [-0.39, 0.29) is 5.25 Å². The zero-order chi connectivity index (χ0) is 9.56. The van der Waals surface area contributed by atoms with Crippen molar-refractivity contribution >= 4 is 18.6 Å². The molecule has 2 unspecified atom stereocenters. The van der Waals surface area contributed by atoms with E-state index in [9.17, 15) is 4.79 Å². The fraction of sp³-hybridized carbons (Fsp3) is 0.875. The molecule has 0 aliphatic rings. The SMILES string of the molecule is CCCCC(S)CC(N)C(=O)O. The van der Waals surface area contributed by atoms with Gasteiger partial charge in [-0.2, -0.15) is 12.6 Å². The highest BCUT2D eigenvalue weighted by molar-refractivity contribution is 7.80. The average molecular weight is 191 g/mol. The topological polar surface area (TPSA) is 63.3 Å². The van der Waals surface area contributed by atoms with E-state index >= 15 is 0 Å². The molecule has 0 aromatic rings. The second kappa shape index (κ2) is 6.31. The maximum absolute atomic E-state index is 10.3. The number of hydrogen-bond donors (Lipinski definition) is 3. The van der Waals surface area contributed by atoms with Crippen LogP contribution in [0.25, 0.3) is 0 Å². The van der Waals surface area contributed by atoms with Gasteiger partial charge in [-0.15, -0.1) is 0 Å². The minimum absolute atomic E-state index is 0.121. The van der Waals surface area contributed by atoms with Crippen LogP contribution in [0.15, 0.2) is 0 Å². The molecule has 2 atom stereocenters. The molecule has 0 aromatic carbocycles. The van der Waals surface area contributed by atoms with Crippen LogP contribution in [-0.2, 0) is 4.79 Å². The van der Waals surface area contributed by atoms with Gasteiger partial charge >= 0.3 is 5.97 Å². The Morgan fingerprint density at radius 1 is 1.67 bits per heavy atom. The number of carboxylic acid groups (broad SMARTS) is 1. The Morgan fingerprint density at radius 2 is 2.25 bits per heavy atom. The molecular formula is C8H17NO2S. The van der Waals surface area contributed by atoms with Gasteiger partial charge in [0.05, 0.1) is 0 Å². The highest BCUT2D eigenvalue weighted by atomic mass is 32.1. The largest absolute Gasteiger partial charge is 0.480 e. The molecule has 0 aliphatic heterocycles. The molecule has 72 valence electrons. The lowest BCUT2D eigenvalue weighted by Gasteiger charge is -2.12. The quantitative estimate of drug-likeness (QED) is 0.554. The van der Waals surface area contributed by atoms with Gasteiger partial charge in [0.25, 0.3) is 0 Å². The van der Waals surface area contributed by atoms with Crippen LogP contribution >= 0.6 is 12.6 Å². The molecule has 0 saturated heterocycles. The van der Waals surface area contributed by atoms with Crippen LogP contribution in [0, 0.1) is 0 Å². The number of carboxylic acids is 1. The summed E-state index contributed by atoms with van der Waals surface area (Å²) >= 11 is 4.25. The third kappa shape index (κ3) is 5.43. The van der Waals surface area contributed by atoms with Crippen molar-refractivity contribution in [3.05, 3.63) is 0 Å². The summed E-state index contributed by atoms with van der Waals surface area (Å²) < 4.78 is 0. The minimum Gasteiger partial charge on any atom is -0.480 e. The maximum atomic E-state index is 10.3. The molecule has 0 radical (unpaired) electrons. The van der Waals surface area contributed by atoms with E-state index in [1.165, 1.54) is 0 Å². The van der Waals surface area contributed by atoms with Gasteiger partial charge in [-0.1, -0.05) is 19.8 Å². The Morgan fingerprint density at radius 3 is 2.67 bits per heavy atom. The summed E-state index contributed by atoms with van der Waals surface area (Å²) in [6.07, 6.45) is 3.60. The van der Waals surface area contributed by atoms with Gasteiger partial charge in [0.1, 0.15) is 6.04 Å². The Hall–Kier alpha value is -0.220. The predicted molar refractivity (Wildman–Crippen MR) is 52.5 cm³/mol. The Balaban J connectivity index is 3.53. The molecule has 3 nitrogen and oxygen atoms in total. The molecule has 0 bridgehead atoms. The first-order valence-electron chi connectivity index (χ1n) is 4.24. The lowest BCUT2D eigenvalue weighted by atomic mass is 10.1. The van der Waals surface area contributed by atoms with Crippen molar-refractivity contribution in [1.82, 2.24) is 0 Å². The second-order valence-electron chi connectivity index (χ2n) is 2.98. The van der Waals surface area contributed by atoms with Gasteiger partial charge in [-0.3, -0.25) is 4.79 Å². The summed E-state index contributed by atoms with van der Waals surface area (Å²) in [4.78, 5) is 10.3. The van der Waals surface area contributed by atoms with E-state index in [2.05, 4.69) is 19.6 Å².